The topological polar surface area (TPSA) is 66.5 Å². The van der Waals surface area contributed by atoms with E-state index in [1.54, 1.807) is 4.90 Å². The molecule has 2 fully saturated rings. The zero-order valence-corrected chi connectivity index (χ0v) is 14.9. The molecule has 2 aliphatic rings. The molecule has 5 nitrogen and oxygen atoms in total. The van der Waals surface area contributed by atoms with Crippen LogP contribution in [0.3, 0.4) is 0 Å². The minimum Gasteiger partial charge on any atom is -0.339 e. The summed E-state index contributed by atoms with van der Waals surface area (Å²) in [6.07, 6.45) is -0.444. The van der Waals surface area contributed by atoms with Crippen LogP contribution in [0.25, 0.3) is 0 Å². The minimum atomic E-state index is -4.76. The number of hydrogen-bond acceptors (Lipinski definition) is 3. The van der Waals surface area contributed by atoms with Crippen molar-refractivity contribution in [3.63, 3.8) is 0 Å². The largest absolute Gasteiger partial charge is 0.417 e. The number of carbonyl (C=O) groups excluding carboxylic acids is 1. The predicted octanol–water partition coefficient (Wildman–Crippen LogP) is 2.77. The number of nitrogens with zero attached hydrogens (tertiary/aromatic N) is 1. The monoisotopic (exact) mass is 390 g/mol. The van der Waals surface area contributed by atoms with E-state index in [2.05, 4.69) is 4.72 Å². The van der Waals surface area contributed by atoms with Gasteiger partial charge in [0, 0.05) is 25.6 Å². The smallest absolute Gasteiger partial charge is 0.339 e. The molecule has 0 aromatic heterocycles. The quantitative estimate of drug-likeness (QED) is 0.841. The van der Waals surface area contributed by atoms with E-state index in [1.165, 1.54) is 6.07 Å². The summed E-state index contributed by atoms with van der Waals surface area (Å²) in [4.78, 5) is 13.2. The molecule has 3 rings (SSSR count). The first-order valence-corrected chi connectivity index (χ1v) is 10.1. The molecule has 1 saturated carbocycles. The van der Waals surface area contributed by atoms with Crippen molar-refractivity contribution in [2.24, 2.45) is 5.92 Å². The van der Waals surface area contributed by atoms with E-state index in [4.69, 9.17) is 0 Å². The molecule has 1 aliphatic heterocycles. The number of benzene rings is 1. The molecule has 26 heavy (non-hydrogen) atoms. The molecule has 1 atom stereocenters. The van der Waals surface area contributed by atoms with Gasteiger partial charge >= 0.3 is 6.18 Å². The lowest BCUT2D eigenvalue weighted by Gasteiger charge is -2.24. The van der Waals surface area contributed by atoms with Crippen LogP contribution in [-0.4, -0.2) is 38.4 Å². The number of likely N-dealkylation sites (tertiary alicyclic amines) is 1. The van der Waals surface area contributed by atoms with E-state index in [0.717, 1.165) is 43.9 Å². The van der Waals surface area contributed by atoms with Gasteiger partial charge < -0.3 is 4.90 Å². The standard InChI is InChI=1S/C17H21F3N2O3S/c18-17(19,20)14-7-3-4-8-15(14)26(24,25)21-10-12-9-16(23)22(11-12)13-5-1-2-6-13/h3-4,7-8,12-13,21H,1-2,5-6,9-11H2. The normalized spacial score (nSPS) is 22.3. The maximum Gasteiger partial charge on any atom is 0.417 e. The summed E-state index contributed by atoms with van der Waals surface area (Å²) in [5.74, 6) is -0.229. The lowest BCUT2D eigenvalue weighted by Crippen LogP contribution is -2.36. The molecular weight excluding hydrogens is 369 g/mol. The molecule has 0 radical (unpaired) electrons. The summed E-state index contributed by atoms with van der Waals surface area (Å²) in [7, 11) is -4.32. The second kappa shape index (κ2) is 7.19. The second-order valence-electron chi connectivity index (χ2n) is 6.90. The summed E-state index contributed by atoms with van der Waals surface area (Å²) in [6, 6.07) is 4.31. The van der Waals surface area contributed by atoms with Crippen LogP contribution in [0.1, 0.15) is 37.7 Å². The fourth-order valence-electron chi connectivity index (χ4n) is 3.75. The van der Waals surface area contributed by atoms with Gasteiger partial charge in [-0.2, -0.15) is 13.2 Å². The number of halogens is 3. The number of nitrogens with one attached hydrogen (secondary N) is 1. The highest BCUT2D eigenvalue weighted by Gasteiger charge is 2.38. The molecule has 144 valence electrons. The fourth-order valence-corrected chi connectivity index (χ4v) is 5.10. The number of amides is 1. The van der Waals surface area contributed by atoms with Crippen LogP contribution in [0.5, 0.6) is 0 Å². The Kier molecular flexibility index (Phi) is 5.30. The Morgan fingerprint density at radius 3 is 2.46 bits per heavy atom. The first-order chi connectivity index (χ1) is 12.2. The van der Waals surface area contributed by atoms with Gasteiger partial charge in [0.2, 0.25) is 15.9 Å². The zero-order chi connectivity index (χ0) is 18.9. The van der Waals surface area contributed by atoms with Crippen LogP contribution in [0.2, 0.25) is 0 Å². The van der Waals surface area contributed by atoms with Gasteiger partial charge in [-0.05, 0) is 30.9 Å². The van der Waals surface area contributed by atoms with Gasteiger partial charge in [-0.15, -0.1) is 0 Å². The van der Waals surface area contributed by atoms with Crippen molar-refractivity contribution >= 4 is 15.9 Å². The lowest BCUT2D eigenvalue weighted by molar-refractivity contribution is -0.139. The molecule has 1 saturated heterocycles. The predicted molar refractivity (Wildman–Crippen MR) is 88.7 cm³/mol. The van der Waals surface area contributed by atoms with Crippen LogP contribution in [-0.2, 0) is 21.0 Å². The Bertz CT molecular complexity index is 774. The van der Waals surface area contributed by atoms with Gasteiger partial charge in [0.05, 0.1) is 10.5 Å². The SMILES string of the molecule is O=C1CC(CNS(=O)(=O)c2ccccc2C(F)(F)F)CN1C1CCCC1. The summed E-state index contributed by atoms with van der Waals surface area (Å²) < 4.78 is 66.1. The minimum absolute atomic E-state index is 0.00297. The Balaban J connectivity index is 1.67. The van der Waals surface area contributed by atoms with E-state index in [0.29, 0.717) is 6.54 Å². The highest BCUT2D eigenvalue weighted by atomic mass is 32.2. The first kappa shape index (κ1) is 19.2. The molecule has 1 N–H and O–H groups in total. The van der Waals surface area contributed by atoms with Crippen LogP contribution in [0, 0.1) is 5.92 Å². The summed E-state index contributed by atoms with van der Waals surface area (Å²) in [6.45, 7) is 0.399. The number of sulfonamides is 1. The van der Waals surface area contributed by atoms with E-state index in [-0.39, 0.29) is 30.8 Å². The Labute approximate surface area is 150 Å². The third-order valence-electron chi connectivity index (χ3n) is 5.05. The summed E-state index contributed by atoms with van der Waals surface area (Å²) in [5, 5.41) is 0. The first-order valence-electron chi connectivity index (χ1n) is 8.64. The van der Waals surface area contributed by atoms with Gasteiger partial charge in [0.15, 0.2) is 0 Å². The number of rotatable bonds is 5. The van der Waals surface area contributed by atoms with Gasteiger partial charge in [-0.1, -0.05) is 25.0 Å². The van der Waals surface area contributed by atoms with Gasteiger partial charge in [-0.3, -0.25) is 4.79 Å². The van der Waals surface area contributed by atoms with Crippen LogP contribution in [0.15, 0.2) is 29.2 Å². The molecule has 1 amide bonds. The second-order valence-corrected chi connectivity index (χ2v) is 8.64. The van der Waals surface area contributed by atoms with E-state index in [9.17, 15) is 26.4 Å². The van der Waals surface area contributed by atoms with Crippen molar-refractivity contribution < 1.29 is 26.4 Å². The van der Waals surface area contributed by atoms with Gasteiger partial charge in [0.25, 0.3) is 0 Å². The highest BCUT2D eigenvalue weighted by molar-refractivity contribution is 7.89. The molecule has 1 unspecified atom stereocenters. The van der Waals surface area contributed by atoms with E-state index < -0.39 is 26.7 Å². The van der Waals surface area contributed by atoms with Crippen LogP contribution >= 0.6 is 0 Å². The van der Waals surface area contributed by atoms with Crippen LogP contribution in [0.4, 0.5) is 13.2 Å². The van der Waals surface area contributed by atoms with E-state index >= 15 is 0 Å². The Hall–Kier alpha value is -1.61. The number of hydrogen-bond donors (Lipinski definition) is 1. The summed E-state index contributed by atoms with van der Waals surface area (Å²) >= 11 is 0. The average Bonchev–Trinajstić information content (AvgIpc) is 3.21. The molecule has 1 aliphatic carbocycles. The summed E-state index contributed by atoms with van der Waals surface area (Å²) in [5.41, 5.74) is -1.19. The molecule has 9 heteroatoms. The lowest BCUT2D eigenvalue weighted by atomic mass is 10.1. The van der Waals surface area contributed by atoms with Crippen molar-refractivity contribution in [1.82, 2.24) is 9.62 Å². The Morgan fingerprint density at radius 1 is 1.15 bits per heavy atom. The van der Waals surface area contributed by atoms with Crippen molar-refractivity contribution in [2.45, 2.75) is 49.2 Å². The number of alkyl halides is 3. The van der Waals surface area contributed by atoms with Crippen molar-refractivity contribution in [3.8, 4) is 0 Å². The third kappa shape index (κ3) is 4.03. The Morgan fingerprint density at radius 2 is 1.81 bits per heavy atom. The molecule has 1 aromatic rings. The third-order valence-corrected chi connectivity index (χ3v) is 6.53. The zero-order valence-electron chi connectivity index (χ0n) is 14.1. The van der Waals surface area contributed by atoms with Gasteiger partial charge in [0.1, 0.15) is 0 Å². The average molecular weight is 390 g/mol. The molecule has 1 heterocycles. The van der Waals surface area contributed by atoms with Crippen molar-refractivity contribution in [3.05, 3.63) is 29.8 Å². The fraction of sp³-hybridized carbons (Fsp3) is 0.588. The maximum atomic E-state index is 13.1. The molecule has 1 aromatic carbocycles. The van der Waals surface area contributed by atoms with Crippen molar-refractivity contribution in [2.75, 3.05) is 13.1 Å². The maximum absolute atomic E-state index is 13.1. The van der Waals surface area contributed by atoms with E-state index in [1.807, 2.05) is 0 Å². The van der Waals surface area contributed by atoms with Crippen molar-refractivity contribution in [1.29, 1.82) is 0 Å². The number of carbonyl (C=O) groups is 1. The molecule has 0 spiro atoms. The molecule has 0 bridgehead atoms. The van der Waals surface area contributed by atoms with Gasteiger partial charge in [-0.25, -0.2) is 13.1 Å². The highest BCUT2D eigenvalue weighted by Crippen LogP contribution is 2.34. The molecular formula is C17H21F3N2O3S. The van der Waals surface area contributed by atoms with Crippen LogP contribution < -0.4 is 4.72 Å².